The molecule has 2 aliphatic heterocycles. The molecule has 4 rings (SSSR count). The standard InChI is InChI=1S/C18H23N5O2/c1-21-7-3-4-15(21)17(25)23-8-5-18(6-9-23)10-14(16(24)20-18)13-11-19-22(2)12-13/h3-4,7,11-12,14H,5-6,8-10H2,1-2H3,(H,20,24). The Morgan fingerprint density at radius 1 is 1.32 bits per heavy atom. The number of hydrogen-bond acceptors (Lipinski definition) is 3. The predicted octanol–water partition coefficient (Wildman–Crippen LogP) is 1.04. The van der Waals surface area contributed by atoms with Gasteiger partial charge >= 0.3 is 0 Å². The molecule has 132 valence electrons. The van der Waals surface area contributed by atoms with E-state index < -0.39 is 0 Å². The van der Waals surface area contributed by atoms with Gasteiger partial charge in [-0.05, 0) is 31.4 Å². The van der Waals surface area contributed by atoms with Crippen molar-refractivity contribution in [3.63, 3.8) is 0 Å². The molecule has 2 amide bonds. The Balaban J connectivity index is 1.44. The lowest BCUT2D eigenvalue weighted by atomic mass is 9.82. The van der Waals surface area contributed by atoms with Crippen LogP contribution in [0.25, 0.3) is 0 Å². The van der Waals surface area contributed by atoms with Crippen LogP contribution < -0.4 is 5.32 Å². The molecule has 1 unspecified atom stereocenters. The molecule has 4 heterocycles. The SMILES string of the molecule is Cn1cc(C2CC3(CCN(C(=O)c4cccn4C)CC3)NC2=O)cn1. The summed E-state index contributed by atoms with van der Waals surface area (Å²) >= 11 is 0. The molecule has 0 saturated carbocycles. The zero-order valence-electron chi connectivity index (χ0n) is 14.6. The molecule has 7 heteroatoms. The maximum Gasteiger partial charge on any atom is 0.270 e. The van der Waals surface area contributed by atoms with Crippen LogP contribution in [-0.2, 0) is 18.9 Å². The number of carbonyl (C=O) groups excluding carboxylic acids is 2. The molecule has 0 aromatic carbocycles. The lowest BCUT2D eigenvalue weighted by Gasteiger charge is -2.39. The number of likely N-dealkylation sites (tertiary alicyclic amines) is 1. The number of carbonyl (C=O) groups is 2. The predicted molar refractivity (Wildman–Crippen MR) is 92.0 cm³/mol. The quantitative estimate of drug-likeness (QED) is 0.887. The number of nitrogens with zero attached hydrogens (tertiary/aromatic N) is 4. The first-order valence-electron chi connectivity index (χ1n) is 8.69. The summed E-state index contributed by atoms with van der Waals surface area (Å²) in [6.45, 7) is 1.34. The van der Waals surface area contributed by atoms with Crippen molar-refractivity contribution in [1.29, 1.82) is 0 Å². The molecular formula is C18H23N5O2. The van der Waals surface area contributed by atoms with Gasteiger partial charge in [0, 0.05) is 50.7 Å². The highest BCUT2D eigenvalue weighted by Crippen LogP contribution is 2.39. The Kier molecular flexibility index (Phi) is 3.67. The number of rotatable bonds is 2. The Morgan fingerprint density at radius 2 is 2.08 bits per heavy atom. The molecule has 1 spiro atoms. The van der Waals surface area contributed by atoms with E-state index in [9.17, 15) is 9.59 Å². The number of aryl methyl sites for hydroxylation is 2. The molecule has 2 fully saturated rings. The second-order valence-electron chi connectivity index (χ2n) is 7.27. The van der Waals surface area contributed by atoms with Gasteiger partial charge < -0.3 is 14.8 Å². The molecule has 2 aliphatic rings. The number of amides is 2. The highest BCUT2D eigenvalue weighted by Gasteiger charge is 2.47. The summed E-state index contributed by atoms with van der Waals surface area (Å²) < 4.78 is 3.58. The molecule has 0 radical (unpaired) electrons. The third-order valence-electron chi connectivity index (χ3n) is 5.60. The third-order valence-corrected chi connectivity index (χ3v) is 5.60. The van der Waals surface area contributed by atoms with Gasteiger partial charge in [-0.25, -0.2) is 0 Å². The summed E-state index contributed by atoms with van der Waals surface area (Å²) in [5, 5.41) is 7.40. The van der Waals surface area contributed by atoms with E-state index in [2.05, 4.69) is 10.4 Å². The van der Waals surface area contributed by atoms with Gasteiger partial charge in [-0.2, -0.15) is 5.10 Å². The Morgan fingerprint density at radius 3 is 2.68 bits per heavy atom. The monoisotopic (exact) mass is 341 g/mol. The first-order valence-corrected chi connectivity index (χ1v) is 8.69. The second-order valence-corrected chi connectivity index (χ2v) is 7.27. The van der Waals surface area contributed by atoms with Crippen LogP contribution in [0.1, 0.15) is 41.2 Å². The second kappa shape index (κ2) is 5.75. The van der Waals surface area contributed by atoms with Crippen LogP contribution in [0.15, 0.2) is 30.7 Å². The molecule has 1 N–H and O–H groups in total. The average Bonchev–Trinajstić information content (AvgIpc) is 3.28. The lowest BCUT2D eigenvalue weighted by Crippen LogP contribution is -2.52. The molecule has 7 nitrogen and oxygen atoms in total. The molecule has 2 aromatic heterocycles. The average molecular weight is 341 g/mol. The summed E-state index contributed by atoms with van der Waals surface area (Å²) in [6, 6.07) is 3.73. The zero-order valence-corrected chi connectivity index (χ0v) is 14.6. The van der Waals surface area contributed by atoms with Crippen molar-refractivity contribution in [2.24, 2.45) is 14.1 Å². The number of piperidine rings is 1. The molecule has 25 heavy (non-hydrogen) atoms. The van der Waals surface area contributed by atoms with E-state index in [1.54, 1.807) is 10.9 Å². The van der Waals surface area contributed by atoms with Crippen molar-refractivity contribution >= 4 is 11.8 Å². The van der Waals surface area contributed by atoms with Crippen molar-refractivity contribution < 1.29 is 9.59 Å². The van der Waals surface area contributed by atoms with E-state index in [1.807, 2.05) is 48.1 Å². The molecule has 0 aliphatic carbocycles. The van der Waals surface area contributed by atoms with Gasteiger partial charge in [0.1, 0.15) is 5.69 Å². The molecule has 2 aromatic rings. The molecule has 1 atom stereocenters. The summed E-state index contributed by atoms with van der Waals surface area (Å²) in [4.78, 5) is 27.0. The van der Waals surface area contributed by atoms with Crippen molar-refractivity contribution in [2.75, 3.05) is 13.1 Å². The number of hydrogen-bond donors (Lipinski definition) is 1. The highest BCUT2D eigenvalue weighted by atomic mass is 16.2. The smallest absolute Gasteiger partial charge is 0.270 e. The molecule has 2 saturated heterocycles. The van der Waals surface area contributed by atoms with Gasteiger partial charge in [0.25, 0.3) is 5.91 Å². The number of aromatic nitrogens is 3. The van der Waals surface area contributed by atoms with Crippen LogP contribution in [0.5, 0.6) is 0 Å². The van der Waals surface area contributed by atoms with Crippen LogP contribution in [0.2, 0.25) is 0 Å². The van der Waals surface area contributed by atoms with Crippen LogP contribution >= 0.6 is 0 Å². The summed E-state index contributed by atoms with van der Waals surface area (Å²) in [7, 11) is 3.74. The van der Waals surface area contributed by atoms with E-state index in [1.165, 1.54) is 0 Å². The third kappa shape index (κ3) is 2.73. The van der Waals surface area contributed by atoms with Crippen molar-refractivity contribution in [3.05, 3.63) is 42.0 Å². The van der Waals surface area contributed by atoms with Gasteiger partial charge in [0.2, 0.25) is 5.91 Å². The van der Waals surface area contributed by atoms with Gasteiger partial charge in [-0.3, -0.25) is 14.3 Å². The first-order chi connectivity index (χ1) is 12.0. The van der Waals surface area contributed by atoms with E-state index in [-0.39, 0.29) is 23.3 Å². The van der Waals surface area contributed by atoms with Crippen molar-refractivity contribution in [1.82, 2.24) is 24.6 Å². The van der Waals surface area contributed by atoms with E-state index >= 15 is 0 Å². The van der Waals surface area contributed by atoms with E-state index in [0.29, 0.717) is 18.8 Å². The van der Waals surface area contributed by atoms with Gasteiger partial charge in [-0.15, -0.1) is 0 Å². The minimum absolute atomic E-state index is 0.0653. The van der Waals surface area contributed by atoms with Crippen LogP contribution in [0.4, 0.5) is 0 Å². The minimum atomic E-state index is -0.192. The maximum absolute atomic E-state index is 12.6. The van der Waals surface area contributed by atoms with E-state index in [0.717, 1.165) is 24.8 Å². The zero-order chi connectivity index (χ0) is 17.6. The van der Waals surface area contributed by atoms with Gasteiger partial charge in [0.05, 0.1) is 12.1 Å². The Labute approximate surface area is 146 Å². The molecular weight excluding hydrogens is 318 g/mol. The normalized spacial score (nSPS) is 22.4. The summed E-state index contributed by atoms with van der Waals surface area (Å²) in [5.74, 6) is 0.00881. The fraction of sp³-hybridized carbons (Fsp3) is 0.500. The fourth-order valence-corrected chi connectivity index (χ4v) is 4.08. The fourth-order valence-electron chi connectivity index (χ4n) is 4.08. The highest BCUT2D eigenvalue weighted by molar-refractivity contribution is 5.93. The van der Waals surface area contributed by atoms with Crippen molar-refractivity contribution in [3.8, 4) is 0 Å². The van der Waals surface area contributed by atoms with Gasteiger partial charge in [0.15, 0.2) is 0 Å². The molecule has 0 bridgehead atoms. The van der Waals surface area contributed by atoms with Crippen LogP contribution in [0, 0.1) is 0 Å². The lowest BCUT2D eigenvalue weighted by molar-refractivity contribution is -0.121. The number of nitrogens with one attached hydrogen (secondary N) is 1. The van der Waals surface area contributed by atoms with Crippen LogP contribution in [0.3, 0.4) is 0 Å². The summed E-state index contributed by atoms with van der Waals surface area (Å²) in [6.07, 6.45) is 7.95. The first kappa shape index (κ1) is 15.9. The van der Waals surface area contributed by atoms with E-state index in [4.69, 9.17) is 0 Å². The Bertz CT molecular complexity index is 813. The summed E-state index contributed by atoms with van der Waals surface area (Å²) in [5.41, 5.74) is 1.49. The largest absolute Gasteiger partial charge is 0.350 e. The maximum atomic E-state index is 12.6. The van der Waals surface area contributed by atoms with Crippen molar-refractivity contribution in [2.45, 2.75) is 30.7 Å². The van der Waals surface area contributed by atoms with Crippen LogP contribution in [-0.4, -0.2) is 49.7 Å². The Hall–Kier alpha value is -2.57. The topological polar surface area (TPSA) is 72.2 Å². The minimum Gasteiger partial charge on any atom is -0.350 e. The van der Waals surface area contributed by atoms with Gasteiger partial charge in [-0.1, -0.05) is 0 Å².